The molecule has 1 aliphatic heterocycles. The first-order valence-corrected chi connectivity index (χ1v) is 15.0. The van der Waals surface area contributed by atoms with Crippen LogP contribution in [0.4, 0.5) is 0 Å². The van der Waals surface area contributed by atoms with Crippen molar-refractivity contribution in [2.45, 2.75) is 76.5 Å². The minimum atomic E-state index is -1.51. The van der Waals surface area contributed by atoms with Gasteiger partial charge in [0.25, 0.3) is 0 Å². The maximum absolute atomic E-state index is 13.9. The number of ether oxygens (including phenoxy) is 4. The van der Waals surface area contributed by atoms with E-state index in [0.29, 0.717) is 23.0 Å². The average molecular weight is 568 g/mol. The maximum Gasteiger partial charge on any atom is 0.338 e. The van der Waals surface area contributed by atoms with E-state index in [0.717, 1.165) is 44.9 Å². The number of rotatable bonds is 6. The first-order valence-electron chi connectivity index (χ1n) is 15.0. The van der Waals surface area contributed by atoms with Gasteiger partial charge in [0, 0.05) is 25.4 Å². The molecule has 7 fully saturated rings. The normalized spacial score (nSPS) is 44.8. The molecule has 10 unspecified atom stereocenters. The summed E-state index contributed by atoms with van der Waals surface area (Å²) >= 11 is 0. The Morgan fingerprint density at radius 3 is 2.51 bits per heavy atom. The quantitative estimate of drug-likeness (QED) is 0.519. The number of hydrogen-bond acceptors (Lipinski definition) is 8. The zero-order chi connectivity index (χ0) is 29.1. The molecule has 2 spiro atoms. The van der Waals surface area contributed by atoms with Crippen molar-refractivity contribution in [1.82, 2.24) is 4.90 Å². The zero-order valence-corrected chi connectivity index (χ0v) is 24.6. The molecular formula is C32H41NO8. The highest BCUT2D eigenvalue weighted by molar-refractivity contribution is 5.90. The van der Waals surface area contributed by atoms with E-state index in [-0.39, 0.29) is 47.1 Å². The molecule has 0 radical (unpaired) electrons. The van der Waals surface area contributed by atoms with Crippen molar-refractivity contribution in [1.29, 1.82) is 0 Å². The summed E-state index contributed by atoms with van der Waals surface area (Å²) in [5.41, 5.74) is -2.13. The predicted molar refractivity (Wildman–Crippen MR) is 146 cm³/mol. The summed E-state index contributed by atoms with van der Waals surface area (Å²) in [6.07, 6.45) is 5.41. The molecule has 222 valence electrons. The van der Waals surface area contributed by atoms with Crippen LogP contribution in [0.25, 0.3) is 0 Å². The van der Waals surface area contributed by atoms with Gasteiger partial charge in [-0.1, -0.05) is 13.3 Å². The summed E-state index contributed by atoms with van der Waals surface area (Å²) in [4.78, 5) is 41.7. The van der Waals surface area contributed by atoms with E-state index in [1.54, 1.807) is 18.2 Å². The third-order valence-corrected chi connectivity index (χ3v) is 12.8. The number of carbonyl (C=O) groups is 3. The van der Waals surface area contributed by atoms with Gasteiger partial charge in [0.1, 0.15) is 18.3 Å². The number of piperidine rings is 1. The second-order valence-electron chi connectivity index (χ2n) is 13.9. The van der Waals surface area contributed by atoms with Gasteiger partial charge in [0.05, 0.1) is 25.2 Å². The van der Waals surface area contributed by atoms with E-state index in [1.807, 2.05) is 11.9 Å². The number of carbonyl (C=O) groups excluding carboxylic acids is 3. The third-order valence-electron chi connectivity index (χ3n) is 12.8. The van der Waals surface area contributed by atoms with Crippen molar-refractivity contribution >= 4 is 17.8 Å². The van der Waals surface area contributed by atoms with Crippen molar-refractivity contribution in [2.24, 2.45) is 39.9 Å². The summed E-state index contributed by atoms with van der Waals surface area (Å²) in [5, 5.41) is 12.5. The maximum atomic E-state index is 13.9. The fraction of sp³-hybridized carbons (Fsp3) is 0.719. The second kappa shape index (κ2) is 8.62. The van der Waals surface area contributed by atoms with Gasteiger partial charge in [-0.15, -0.1) is 0 Å². The molecule has 9 nitrogen and oxygen atoms in total. The van der Waals surface area contributed by atoms with E-state index in [4.69, 9.17) is 18.9 Å². The van der Waals surface area contributed by atoms with Gasteiger partial charge < -0.3 is 29.0 Å². The molecule has 6 saturated carbocycles. The van der Waals surface area contributed by atoms with Crippen molar-refractivity contribution in [2.75, 3.05) is 27.9 Å². The number of benzene rings is 1. The van der Waals surface area contributed by atoms with Gasteiger partial charge in [0.2, 0.25) is 5.91 Å². The highest BCUT2D eigenvalue weighted by atomic mass is 16.6. The van der Waals surface area contributed by atoms with Gasteiger partial charge >= 0.3 is 11.9 Å². The van der Waals surface area contributed by atoms with Crippen LogP contribution in [0.2, 0.25) is 0 Å². The lowest BCUT2D eigenvalue weighted by molar-refractivity contribution is -0.286. The number of fused-ring (bicyclic) bond motifs is 2. The second-order valence-corrected chi connectivity index (χ2v) is 13.9. The van der Waals surface area contributed by atoms with E-state index in [9.17, 15) is 19.5 Å². The monoisotopic (exact) mass is 567 g/mol. The molecule has 1 saturated heterocycles. The summed E-state index contributed by atoms with van der Waals surface area (Å²) in [5.74, 6) is 0.559. The third kappa shape index (κ3) is 3.08. The van der Waals surface area contributed by atoms with E-state index in [2.05, 4.69) is 6.92 Å². The van der Waals surface area contributed by atoms with Crippen LogP contribution in [-0.2, 0) is 19.1 Å². The van der Waals surface area contributed by atoms with Gasteiger partial charge in [-0.2, -0.15) is 0 Å². The first-order chi connectivity index (χ1) is 19.5. The number of amides is 1. The van der Waals surface area contributed by atoms with Crippen LogP contribution < -0.4 is 9.47 Å². The molecular weight excluding hydrogens is 526 g/mol. The lowest BCUT2D eigenvalue weighted by Crippen LogP contribution is -2.73. The summed E-state index contributed by atoms with van der Waals surface area (Å²) in [6, 6.07) is 4.96. The summed E-state index contributed by atoms with van der Waals surface area (Å²) in [6.45, 7) is 3.29. The number of esters is 2. The molecule has 1 aromatic rings. The molecule has 1 heterocycles. The van der Waals surface area contributed by atoms with Crippen LogP contribution in [-0.4, -0.2) is 73.5 Å². The van der Waals surface area contributed by atoms with Crippen LogP contribution in [0, 0.1) is 39.9 Å². The Kier molecular flexibility index (Phi) is 5.68. The van der Waals surface area contributed by atoms with E-state index >= 15 is 0 Å². The van der Waals surface area contributed by atoms with Gasteiger partial charge in [0.15, 0.2) is 11.5 Å². The van der Waals surface area contributed by atoms with Crippen molar-refractivity contribution < 1.29 is 38.4 Å². The van der Waals surface area contributed by atoms with Gasteiger partial charge in [-0.05, 0) is 85.8 Å². The van der Waals surface area contributed by atoms with Gasteiger partial charge in [-0.3, -0.25) is 9.59 Å². The zero-order valence-electron chi connectivity index (χ0n) is 24.6. The number of nitrogens with zero attached hydrogens (tertiary/aromatic N) is 1. The first kappa shape index (κ1) is 27.0. The molecule has 8 rings (SSSR count). The largest absolute Gasteiger partial charge is 0.493 e. The van der Waals surface area contributed by atoms with Gasteiger partial charge in [-0.25, -0.2) is 4.79 Å². The van der Waals surface area contributed by atoms with Crippen LogP contribution >= 0.6 is 0 Å². The topological polar surface area (TPSA) is 112 Å². The molecule has 1 N–H and O–H groups in total. The predicted octanol–water partition coefficient (Wildman–Crippen LogP) is 3.61. The number of hydrogen-bond donors (Lipinski definition) is 1. The Morgan fingerprint density at radius 1 is 1.05 bits per heavy atom. The lowest BCUT2D eigenvalue weighted by atomic mass is 9.38. The van der Waals surface area contributed by atoms with Crippen LogP contribution in [0.15, 0.2) is 18.2 Å². The molecule has 10 atom stereocenters. The molecule has 1 amide bonds. The standard InChI is InChI=1S/C32H41NO8/c1-17(34)40-16-32(37)19-9-12-30(27(32)41-26(35)18-7-8-21(38-4)22(13-18)39-5)20-15-23-29(2)10-6-11-31(23,24(30)14-19)25(20)33(3)28(29)36/h7-8,13,19-20,23-25,27,37H,6,9-12,14-16H2,1-5H3. The minimum Gasteiger partial charge on any atom is -0.493 e. The fourth-order valence-corrected chi connectivity index (χ4v) is 11.6. The van der Waals surface area contributed by atoms with Crippen molar-refractivity contribution in [3.63, 3.8) is 0 Å². The van der Waals surface area contributed by atoms with Crippen LogP contribution in [0.3, 0.4) is 0 Å². The van der Waals surface area contributed by atoms with Crippen molar-refractivity contribution in [3.05, 3.63) is 23.8 Å². The van der Waals surface area contributed by atoms with Crippen LogP contribution in [0.1, 0.15) is 69.2 Å². The van der Waals surface area contributed by atoms with Crippen molar-refractivity contribution in [3.8, 4) is 11.5 Å². The highest BCUT2D eigenvalue weighted by Crippen LogP contribution is 2.84. The number of aliphatic hydroxyl groups is 1. The molecule has 6 aliphatic carbocycles. The van der Waals surface area contributed by atoms with Crippen LogP contribution in [0.5, 0.6) is 11.5 Å². The molecule has 0 aromatic heterocycles. The SMILES string of the molecule is COc1ccc(C(=O)OC2C(O)(COC(C)=O)C3CCC24C2CC5C6(C)CCCC5(C2N(C)C6=O)C4C3)cc1OC. The molecule has 9 heteroatoms. The Bertz CT molecular complexity index is 1330. The summed E-state index contributed by atoms with van der Waals surface area (Å²) < 4.78 is 22.7. The molecule has 1 aromatic carbocycles. The van der Waals surface area contributed by atoms with E-state index in [1.165, 1.54) is 21.1 Å². The Balaban J connectivity index is 1.34. The number of methoxy groups -OCH3 is 2. The smallest absolute Gasteiger partial charge is 0.338 e. The highest BCUT2D eigenvalue weighted by Gasteiger charge is 2.86. The minimum absolute atomic E-state index is 0.0459. The summed E-state index contributed by atoms with van der Waals surface area (Å²) in [7, 11) is 5.01. The Morgan fingerprint density at radius 2 is 1.80 bits per heavy atom. The van der Waals surface area contributed by atoms with E-state index < -0.39 is 29.1 Å². The molecule has 7 bridgehead atoms. The lowest BCUT2D eigenvalue weighted by Gasteiger charge is -2.68. The Hall–Kier alpha value is -2.81. The molecule has 7 aliphatic rings. The number of likely N-dealkylation sites (tertiary alicyclic amines) is 1. The molecule has 41 heavy (non-hydrogen) atoms. The Labute approximate surface area is 240 Å². The fourth-order valence-electron chi connectivity index (χ4n) is 11.6. The average Bonchev–Trinajstić information content (AvgIpc) is 3.42.